The Kier molecular flexibility index (Phi) is 10.7. The molecule has 4 saturated carbocycles. The minimum atomic E-state index is -2.05. The van der Waals surface area contributed by atoms with Crippen LogP contribution in [0.25, 0.3) is 0 Å². The summed E-state index contributed by atoms with van der Waals surface area (Å²) < 4.78 is 23.4. The van der Waals surface area contributed by atoms with Crippen molar-refractivity contribution in [2.45, 2.75) is 174 Å². The molecule has 6 fully saturated rings. The van der Waals surface area contributed by atoms with Crippen molar-refractivity contribution in [3.05, 3.63) is 11.6 Å². The molecule has 0 aromatic heterocycles. The van der Waals surface area contributed by atoms with Gasteiger partial charge in [0.05, 0.1) is 11.5 Å². The third-order valence-electron chi connectivity index (χ3n) is 17.2. The van der Waals surface area contributed by atoms with E-state index in [0.29, 0.717) is 25.7 Å². The summed E-state index contributed by atoms with van der Waals surface area (Å²) in [4.78, 5) is 51.3. The lowest BCUT2D eigenvalue weighted by molar-refractivity contribution is -0.371. The molecule has 0 radical (unpaired) electrons. The molecule has 7 aliphatic rings. The van der Waals surface area contributed by atoms with E-state index in [-0.39, 0.29) is 34.4 Å². The van der Waals surface area contributed by atoms with Gasteiger partial charge in [0.25, 0.3) is 0 Å². The lowest BCUT2D eigenvalue weighted by Gasteiger charge is -2.70. The van der Waals surface area contributed by atoms with Crippen molar-refractivity contribution in [2.75, 3.05) is 0 Å². The number of hydrogen-bond donors (Lipinski definition) is 8. The van der Waals surface area contributed by atoms with Gasteiger partial charge in [-0.2, -0.15) is 0 Å². The lowest BCUT2D eigenvalue weighted by Crippen LogP contribution is -2.68. The van der Waals surface area contributed by atoms with E-state index >= 15 is 0 Å². The van der Waals surface area contributed by atoms with Crippen molar-refractivity contribution in [2.24, 2.45) is 50.2 Å². The van der Waals surface area contributed by atoms with Crippen LogP contribution in [-0.2, 0) is 38.1 Å². The Bertz CT molecular complexity index is 1730. The molecule has 326 valence electrons. The topological polar surface area (TPSA) is 267 Å². The van der Waals surface area contributed by atoms with Crippen LogP contribution in [0.2, 0.25) is 0 Å². The van der Waals surface area contributed by atoms with Gasteiger partial charge in [-0.15, -0.1) is 0 Å². The predicted molar refractivity (Wildman–Crippen MR) is 199 cm³/mol. The third-order valence-corrected chi connectivity index (χ3v) is 17.2. The van der Waals surface area contributed by atoms with Crippen molar-refractivity contribution in [3.63, 3.8) is 0 Å². The quantitative estimate of drug-likeness (QED) is 0.171. The van der Waals surface area contributed by atoms with Gasteiger partial charge in [-0.25, -0.2) is 9.59 Å². The molecular formula is C42H62O16. The Morgan fingerprint density at radius 1 is 0.690 bits per heavy atom. The van der Waals surface area contributed by atoms with Crippen molar-refractivity contribution in [3.8, 4) is 0 Å². The van der Waals surface area contributed by atoms with E-state index in [2.05, 4.69) is 27.7 Å². The Morgan fingerprint density at radius 3 is 1.88 bits per heavy atom. The van der Waals surface area contributed by atoms with Gasteiger partial charge in [0.1, 0.15) is 36.6 Å². The van der Waals surface area contributed by atoms with Gasteiger partial charge in [0.2, 0.25) is 0 Å². The van der Waals surface area contributed by atoms with Crippen LogP contribution in [0.5, 0.6) is 0 Å². The Balaban J connectivity index is 1.17. The fraction of sp³-hybridized carbons (Fsp3) is 0.857. The zero-order valence-electron chi connectivity index (χ0n) is 34.4. The van der Waals surface area contributed by atoms with Crippen molar-refractivity contribution in [1.82, 2.24) is 0 Å². The molecule has 19 atom stereocenters. The predicted octanol–water partition coefficient (Wildman–Crippen LogP) is 2.25. The molecule has 0 spiro atoms. The number of aliphatic carboxylic acids is 3. The second-order valence-electron chi connectivity index (χ2n) is 20.6. The number of ketones is 1. The van der Waals surface area contributed by atoms with Gasteiger partial charge in [-0.3, -0.25) is 9.59 Å². The maximum atomic E-state index is 14.8. The molecule has 7 rings (SSSR count). The average Bonchev–Trinajstić information content (AvgIpc) is 3.13. The molecule has 0 amide bonds. The van der Waals surface area contributed by atoms with Crippen molar-refractivity contribution < 1.29 is 79.0 Å². The molecule has 12 unspecified atom stereocenters. The molecule has 0 aromatic rings. The molecule has 2 aliphatic heterocycles. The van der Waals surface area contributed by atoms with E-state index < -0.39 is 107 Å². The first-order chi connectivity index (χ1) is 26.8. The molecule has 2 heterocycles. The van der Waals surface area contributed by atoms with Crippen LogP contribution in [0.4, 0.5) is 0 Å². The summed E-state index contributed by atoms with van der Waals surface area (Å²) in [7, 11) is 0. The maximum absolute atomic E-state index is 14.8. The highest BCUT2D eigenvalue weighted by Crippen LogP contribution is 2.75. The van der Waals surface area contributed by atoms with Gasteiger partial charge >= 0.3 is 17.9 Å². The number of carboxylic acid groups (broad SMARTS) is 3. The van der Waals surface area contributed by atoms with E-state index in [4.69, 9.17) is 18.9 Å². The van der Waals surface area contributed by atoms with Crippen LogP contribution in [0, 0.1) is 50.2 Å². The van der Waals surface area contributed by atoms with Crippen LogP contribution in [-0.4, -0.2) is 132 Å². The molecule has 0 aromatic carbocycles. The van der Waals surface area contributed by atoms with E-state index in [1.807, 2.05) is 26.8 Å². The first-order valence-corrected chi connectivity index (χ1v) is 20.7. The highest BCUT2D eigenvalue weighted by Gasteiger charge is 2.71. The fourth-order valence-electron chi connectivity index (χ4n) is 13.4. The highest BCUT2D eigenvalue weighted by molar-refractivity contribution is 5.95. The van der Waals surface area contributed by atoms with E-state index in [9.17, 15) is 60.0 Å². The van der Waals surface area contributed by atoms with Crippen LogP contribution >= 0.6 is 0 Å². The number of ether oxygens (including phenoxy) is 4. The summed E-state index contributed by atoms with van der Waals surface area (Å²) in [6, 6.07) is 0. The Labute approximate surface area is 337 Å². The van der Waals surface area contributed by atoms with E-state index in [0.717, 1.165) is 37.7 Å². The molecular weight excluding hydrogens is 760 g/mol. The summed E-state index contributed by atoms with van der Waals surface area (Å²) in [5.41, 5.74) is -1.81. The Hall–Kier alpha value is -2.54. The Morgan fingerprint density at radius 2 is 1.28 bits per heavy atom. The minimum absolute atomic E-state index is 0.0217. The maximum Gasteiger partial charge on any atom is 0.335 e. The van der Waals surface area contributed by atoms with Crippen LogP contribution in [0.15, 0.2) is 11.6 Å². The average molecular weight is 823 g/mol. The number of aliphatic hydroxyl groups is 5. The zero-order valence-corrected chi connectivity index (χ0v) is 34.4. The third kappa shape index (κ3) is 6.25. The number of rotatable bonds is 7. The number of hydrogen-bond acceptors (Lipinski definition) is 13. The number of carbonyl (C=O) groups is 4. The molecule has 58 heavy (non-hydrogen) atoms. The van der Waals surface area contributed by atoms with Gasteiger partial charge in [-0.05, 0) is 110 Å². The summed E-state index contributed by atoms with van der Waals surface area (Å²) in [6.07, 6.45) is -12.2. The second kappa shape index (κ2) is 14.3. The lowest BCUT2D eigenvalue weighted by atomic mass is 9.33. The van der Waals surface area contributed by atoms with Gasteiger partial charge in [0, 0.05) is 5.92 Å². The SMILES string of the molecule is CC1(C)C(OC2OC(C(=O)O)C(O)C(O)C2OC2OC(C(=O)O)C(O)C(O)C2O)CC[C@@]2(C)C1CC[C@]1(C)[C@H]2C(=O)C=C2[C@H]3C[C@@](C)(C(=O)O)CC[C@]3(C)CC[C@]21C. The standard InChI is InChI=1S/C42H62O16/c1-37(2)21-8-11-42(7)31(20(43)16-18-19-17-39(4,36(53)54)13-12-38(19,3)14-15-41(18,42)6)40(21,5)10-9-22(37)55-35-30(26(47)25(46)29(57-35)33(51)52)58-34-27(48)23(44)24(45)28(56-34)32(49)50/h16,19,21-31,34-35,44-48H,8-15,17H2,1-7H3,(H,49,50)(H,51,52)(H,53,54)/t19-,21?,22?,23?,24?,25?,26?,27?,28?,29?,30?,31+,34?,35?,38-,39+,40+,41-,42-/m1/s1. The first-order valence-electron chi connectivity index (χ1n) is 20.7. The summed E-state index contributed by atoms with van der Waals surface area (Å²) in [5.74, 6) is -4.47. The number of allylic oxidation sites excluding steroid dienone is 2. The first kappa shape index (κ1) is 43.5. The smallest absolute Gasteiger partial charge is 0.335 e. The number of carboxylic acids is 3. The number of fused-ring (bicyclic) bond motifs is 7. The fourth-order valence-corrected chi connectivity index (χ4v) is 13.4. The van der Waals surface area contributed by atoms with Gasteiger partial charge < -0.3 is 59.8 Å². The van der Waals surface area contributed by atoms with Crippen molar-refractivity contribution >= 4 is 23.7 Å². The van der Waals surface area contributed by atoms with Gasteiger partial charge in [0.15, 0.2) is 30.6 Å². The van der Waals surface area contributed by atoms with Crippen LogP contribution in [0.1, 0.15) is 106 Å². The van der Waals surface area contributed by atoms with Crippen molar-refractivity contribution in [1.29, 1.82) is 0 Å². The van der Waals surface area contributed by atoms with Crippen LogP contribution < -0.4 is 0 Å². The molecule has 8 N–H and O–H groups in total. The van der Waals surface area contributed by atoms with Gasteiger partial charge in [-0.1, -0.05) is 47.1 Å². The number of aliphatic hydroxyl groups excluding tert-OH is 5. The summed E-state index contributed by atoms with van der Waals surface area (Å²) in [6.45, 7) is 14.8. The normalized spacial score (nSPS) is 52.6. The minimum Gasteiger partial charge on any atom is -0.481 e. The second-order valence-corrected chi connectivity index (χ2v) is 20.6. The summed E-state index contributed by atoms with van der Waals surface area (Å²) >= 11 is 0. The molecule has 2 saturated heterocycles. The van der Waals surface area contributed by atoms with Crippen LogP contribution in [0.3, 0.4) is 0 Å². The zero-order chi connectivity index (χ0) is 42.9. The molecule has 16 nitrogen and oxygen atoms in total. The van der Waals surface area contributed by atoms with E-state index in [1.165, 1.54) is 0 Å². The summed E-state index contributed by atoms with van der Waals surface area (Å²) in [5, 5.41) is 83.0. The van der Waals surface area contributed by atoms with E-state index in [1.54, 1.807) is 0 Å². The largest absolute Gasteiger partial charge is 0.481 e. The molecule has 5 aliphatic carbocycles. The monoisotopic (exact) mass is 822 g/mol. The number of carbonyl (C=O) groups excluding carboxylic acids is 1. The highest BCUT2D eigenvalue weighted by atomic mass is 16.8. The molecule has 0 bridgehead atoms. The molecule has 16 heteroatoms.